The first kappa shape index (κ1) is 13.0. The molecular formula is C13H27NO. The second-order valence-corrected chi connectivity index (χ2v) is 4.59. The molecule has 0 unspecified atom stereocenters. The van der Waals surface area contributed by atoms with Crippen LogP contribution in [-0.2, 0) is 4.74 Å². The lowest BCUT2D eigenvalue weighted by Gasteiger charge is -2.21. The molecule has 1 N–H and O–H groups in total. The van der Waals surface area contributed by atoms with Gasteiger partial charge in [-0.15, -0.1) is 0 Å². The molecule has 1 fully saturated rings. The van der Waals surface area contributed by atoms with Crippen LogP contribution in [0.1, 0.15) is 58.3 Å². The predicted molar refractivity (Wildman–Crippen MR) is 65.2 cm³/mol. The minimum absolute atomic E-state index is 0.586. The molecule has 0 saturated heterocycles. The summed E-state index contributed by atoms with van der Waals surface area (Å²) < 4.78 is 5.86. The van der Waals surface area contributed by atoms with Crippen LogP contribution < -0.4 is 5.32 Å². The Morgan fingerprint density at radius 2 is 1.87 bits per heavy atom. The van der Waals surface area contributed by atoms with Crippen molar-refractivity contribution in [2.24, 2.45) is 0 Å². The molecule has 15 heavy (non-hydrogen) atoms. The van der Waals surface area contributed by atoms with E-state index in [9.17, 15) is 0 Å². The van der Waals surface area contributed by atoms with Crippen molar-refractivity contribution in [3.63, 3.8) is 0 Å². The summed E-state index contributed by atoms with van der Waals surface area (Å²) in [5.74, 6) is 0. The molecule has 1 saturated carbocycles. The lowest BCUT2D eigenvalue weighted by molar-refractivity contribution is 0.0265. The number of ether oxygens (including phenoxy) is 1. The van der Waals surface area contributed by atoms with Gasteiger partial charge >= 0.3 is 0 Å². The molecule has 0 aromatic heterocycles. The fourth-order valence-electron chi connectivity index (χ4n) is 2.14. The third-order valence-electron chi connectivity index (χ3n) is 3.08. The Balaban J connectivity index is 1.79. The monoisotopic (exact) mass is 213 g/mol. The average Bonchev–Trinajstić information content (AvgIpc) is 2.29. The summed E-state index contributed by atoms with van der Waals surface area (Å²) in [6, 6.07) is 0. The molecular weight excluding hydrogens is 186 g/mol. The molecule has 2 nitrogen and oxygen atoms in total. The Kier molecular flexibility index (Phi) is 7.94. The SMILES string of the molecule is CCCNCCCCOC1CCCCC1. The quantitative estimate of drug-likeness (QED) is 0.626. The van der Waals surface area contributed by atoms with Crippen molar-refractivity contribution in [3.05, 3.63) is 0 Å². The van der Waals surface area contributed by atoms with Gasteiger partial charge in [0, 0.05) is 6.61 Å². The Morgan fingerprint density at radius 1 is 1.07 bits per heavy atom. The predicted octanol–water partition coefficient (Wildman–Crippen LogP) is 3.12. The van der Waals surface area contributed by atoms with Crippen LogP contribution in [0.5, 0.6) is 0 Å². The first-order valence-electron chi connectivity index (χ1n) is 6.76. The van der Waals surface area contributed by atoms with Crippen LogP contribution in [0, 0.1) is 0 Å². The summed E-state index contributed by atoms with van der Waals surface area (Å²) >= 11 is 0. The van der Waals surface area contributed by atoms with Gasteiger partial charge in [0.05, 0.1) is 6.10 Å². The van der Waals surface area contributed by atoms with Gasteiger partial charge in [-0.3, -0.25) is 0 Å². The maximum atomic E-state index is 5.86. The lowest BCUT2D eigenvalue weighted by atomic mass is 9.98. The summed E-state index contributed by atoms with van der Waals surface area (Å²) in [5.41, 5.74) is 0. The molecule has 90 valence electrons. The second-order valence-electron chi connectivity index (χ2n) is 4.59. The van der Waals surface area contributed by atoms with Crippen LogP contribution in [0.25, 0.3) is 0 Å². The highest BCUT2D eigenvalue weighted by Crippen LogP contribution is 2.20. The summed E-state index contributed by atoms with van der Waals surface area (Å²) in [5, 5.41) is 3.42. The van der Waals surface area contributed by atoms with E-state index >= 15 is 0 Å². The first-order chi connectivity index (χ1) is 7.43. The van der Waals surface area contributed by atoms with Crippen molar-refractivity contribution >= 4 is 0 Å². The van der Waals surface area contributed by atoms with Crippen molar-refractivity contribution in [3.8, 4) is 0 Å². The van der Waals surface area contributed by atoms with E-state index in [1.165, 1.54) is 51.4 Å². The number of unbranched alkanes of at least 4 members (excludes halogenated alkanes) is 1. The maximum absolute atomic E-state index is 5.86. The maximum Gasteiger partial charge on any atom is 0.0575 e. The third kappa shape index (κ3) is 6.91. The van der Waals surface area contributed by atoms with E-state index in [4.69, 9.17) is 4.74 Å². The largest absolute Gasteiger partial charge is 0.378 e. The molecule has 1 aliphatic carbocycles. The average molecular weight is 213 g/mol. The molecule has 0 spiro atoms. The van der Waals surface area contributed by atoms with Crippen LogP contribution >= 0.6 is 0 Å². The van der Waals surface area contributed by atoms with Gasteiger partial charge in [-0.2, -0.15) is 0 Å². The summed E-state index contributed by atoms with van der Waals surface area (Å²) in [7, 11) is 0. The number of hydrogen-bond donors (Lipinski definition) is 1. The van der Waals surface area contributed by atoms with Gasteiger partial charge in [-0.05, 0) is 45.2 Å². The fourth-order valence-corrected chi connectivity index (χ4v) is 2.14. The van der Waals surface area contributed by atoms with Crippen LogP contribution in [0.3, 0.4) is 0 Å². The fraction of sp³-hybridized carbons (Fsp3) is 1.00. The Hall–Kier alpha value is -0.0800. The minimum Gasteiger partial charge on any atom is -0.378 e. The van der Waals surface area contributed by atoms with Gasteiger partial charge in [0.25, 0.3) is 0 Å². The van der Waals surface area contributed by atoms with Crippen LogP contribution in [0.15, 0.2) is 0 Å². The zero-order valence-corrected chi connectivity index (χ0v) is 10.3. The van der Waals surface area contributed by atoms with E-state index in [0.29, 0.717) is 6.10 Å². The van der Waals surface area contributed by atoms with Crippen molar-refractivity contribution in [2.45, 2.75) is 64.4 Å². The molecule has 0 radical (unpaired) electrons. The smallest absolute Gasteiger partial charge is 0.0575 e. The number of rotatable bonds is 8. The Bertz CT molecular complexity index is 132. The highest BCUT2D eigenvalue weighted by Gasteiger charge is 2.12. The summed E-state index contributed by atoms with van der Waals surface area (Å²) in [6.07, 6.45) is 11.1. The van der Waals surface area contributed by atoms with Crippen molar-refractivity contribution in [2.75, 3.05) is 19.7 Å². The highest BCUT2D eigenvalue weighted by atomic mass is 16.5. The topological polar surface area (TPSA) is 21.3 Å². The van der Waals surface area contributed by atoms with Gasteiger partial charge in [0.1, 0.15) is 0 Å². The normalized spacial score (nSPS) is 18.2. The van der Waals surface area contributed by atoms with Gasteiger partial charge in [-0.25, -0.2) is 0 Å². The molecule has 0 atom stereocenters. The van der Waals surface area contributed by atoms with Gasteiger partial charge in [0.2, 0.25) is 0 Å². The van der Waals surface area contributed by atoms with Gasteiger partial charge < -0.3 is 10.1 Å². The van der Waals surface area contributed by atoms with Crippen LogP contribution in [-0.4, -0.2) is 25.8 Å². The van der Waals surface area contributed by atoms with Gasteiger partial charge in [0.15, 0.2) is 0 Å². The van der Waals surface area contributed by atoms with E-state index in [2.05, 4.69) is 12.2 Å². The molecule has 0 amide bonds. The summed E-state index contributed by atoms with van der Waals surface area (Å²) in [4.78, 5) is 0. The number of hydrogen-bond acceptors (Lipinski definition) is 2. The second kappa shape index (κ2) is 9.17. The van der Waals surface area contributed by atoms with E-state index in [1.54, 1.807) is 0 Å². The van der Waals surface area contributed by atoms with E-state index in [1.807, 2.05) is 0 Å². The molecule has 2 heteroatoms. The van der Waals surface area contributed by atoms with E-state index in [-0.39, 0.29) is 0 Å². The van der Waals surface area contributed by atoms with Crippen LogP contribution in [0.2, 0.25) is 0 Å². The third-order valence-corrected chi connectivity index (χ3v) is 3.08. The molecule has 0 aliphatic heterocycles. The van der Waals surface area contributed by atoms with Crippen molar-refractivity contribution in [1.82, 2.24) is 5.32 Å². The molecule has 0 aromatic carbocycles. The molecule has 1 aliphatic rings. The molecule has 1 rings (SSSR count). The Labute approximate surface area is 94.8 Å². The first-order valence-corrected chi connectivity index (χ1v) is 6.76. The molecule has 0 heterocycles. The molecule has 0 bridgehead atoms. The van der Waals surface area contributed by atoms with E-state index in [0.717, 1.165) is 19.7 Å². The van der Waals surface area contributed by atoms with Crippen LogP contribution in [0.4, 0.5) is 0 Å². The zero-order chi connectivity index (χ0) is 10.8. The standard InChI is InChI=1S/C13H27NO/c1-2-10-14-11-6-7-12-15-13-8-4-3-5-9-13/h13-14H,2-12H2,1H3. The zero-order valence-electron chi connectivity index (χ0n) is 10.3. The Morgan fingerprint density at radius 3 is 2.60 bits per heavy atom. The van der Waals surface area contributed by atoms with E-state index < -0.39 is 0 Å². The summed E-state index contributed by atoms with van der Waals surface area (Å²) in [6.45, 7) is 5.49. The van der Waals surface area contributed by atoms with Gasteiger partial charge in [-0.1, -0.05) is 26.2 Å². The lowest BCUT2D eigenvalue weighted by Crippen LogP contribution is -2.19. The van der Waals surface area contributed by atoms with Crippen molar-refractivity contribution in [1.29, 1.82) is 0 Å². The highest BCUT2D eigenvalue weighted by molar-refractivity contribution is 4.64. The molecule has 0 aromatic rings. The minimum atomic E-state index is 0.586. The van der Waals surface area contributed by atoms with Crippen molar-refractivity contribution < 1.29 is 4.74 Å². The number of nitrogens with one attached hydrogen (secondary N) is 1.